The lowest BCUT2D eigenvalue weighted by Gasteiger charge is -2.14. The second-order valence-corrected chi connectivity index (χ2v) is 8.97. The summed E-state index contributed by atoms with van der Waals surface area (Å²) in [6, 6.07) is 0. The molecule has 0 atom stereocenters. The van der Waals surface area contributed by atoms with E-state index in [1.54, 1.807) is 24.6 Å². The van der Waals surface area contributed by atoms with Gasteiger partial charge in [0.15, 0.2) is 5.96 Å². The van der Waals surface area contributed by atoms with Crippen molar-refractivity contribution in [3.8, 4) is 0 Å². The van der Waals surface area contributed by atoms with Crippen LogP contribution in [-0.2, 0) is 23.9 Å². The molecule has 0 bridgehead atoms. The molecule has 0 unspecified atom stereocenters. The lowest BCUT2D eigenvalue weighted by Crippen LogP contribution is -2.36. The zero-order chi connectivity index (χ0) is 18.7. The summed E-state index contributed by atoms with van der Waals surface area (Å²) in [5, 5.41) is 9.65. The molecule has 2 aromatic rings. The number of guanidine groups is 1. The van der Waals surface area contributed by atoms with Crippen molar-refractivity contribution in [3.63, 3.8) is 0 Å². The first-order valence-corrected chi connectivity index (χ1v) is 9.32. The number of nitrogens with zero attached hydrogens (tertiary/aromatic N) is 3. The summed E-state index contributed by atoms with van der Waals surface area (Å²) in [7, 11) is 1.74. The monoisotopic (exact) mass is 491 g/mol. The number of aromatic nitrogens is 2. The molecule has 0 fully saturated rings. The van der Waals surface area contributed by atoms with Crippen LogP contribution >= 0.6 is 35.3 Å². The van der Waals surface area contributed by atoms with Crippen LogP contribution < -0.4 is 10.6 Å². The third-order valence-electron chi connectivity index (χ3n) is 3.65. The van der Waals surface area contributed by atoms with Crippen molar-refractivity contribution >= 4 is 41.3 Å². The highest BCUT2D eigenvalue weighted by atomic mass is 127. The van der Waals surface area contributed by atoms with Gasteiger partial charge in [-0.15, -0.1) is 35.3 Å². The molecule has 8 heteroatoms. The number of hydrogen-bond donors (Lipinski definition) is 2. The fourth-order valence-corrected chi connectivity index (χ4v) is 2.98. The van der Waals surface area contributed by atoms with Gasteiger partial charge in [-0.3, -0.25) is 4.99 Å². The second kappa shape index (κ2) is 9.16. The van der Waals surface area contributed by atoms with E-state index in [1.165, 1.54) is 0 Å². The molecule has 0 radical (unpaired) electrons. The molecule has 6 nitrogen and oxygen atoms in total. The first-order chi connectivity index (χ1) is 11.6. The maximum Gasteiger partial charge on any atom is 0.213 e. The van der Waals surface area contributed by atoms with Gasteiger partial charge in [-0.1, -0.05) is 41.5 Å². The Labute approximate surface area is 177 Å². The average Bonchev–Trinajstić information content (AvgIpc) is 3.15. The minimum atomic E-state index is -0.0409. The van der Waals surface area contributed by atoms with E-state index >= 15 is 0 Å². The second-order valence-electron chi connectivity index (χ2n) is 8.02. The smallest absolute Gasteiger partial charge is 0.213 e. The molecule has 0 aliphatic rings. The molecule has 26 heavy (non-hydrogen) atoms. The lowest BCUT2D eigenvalue weighted by atomic mass is 9.93. The number of halogens is 1. The largest absolute Gasteiger partial charge is 0.443 e. The van der Waals surface area contributed by atoms with Crippen molar-refractivity contribution in [1.29, 1.82) is 0 Å². The van der Waals surface area contributed by atoms with Crippen LogP contribution in [0.3, 0.4) is 0 Å². The number of oxazole rings is 1. The highest BCUT2D eigenvalue weighted by Crippen LogP contribution is 2.24. The zero-order valence-electron chi connectivity index (χ0n) is 16.6. The Bertz CT molecular complexity index is 666. The Balaban J connectivity index is 0.00000338. The summed E-state index contributed by atoms with van der Waals surface area (Å²) in [6.45, 7) is 13.9. The average molecular weight is 491 g/mol. The number of hydrogen-bond acceptors (Lipinski definition) is 5. The topological polar surface area (TPSA) is 75.3 Å². The Morgan fingerprint density at radius 3 is 2.27 bits per heavy atom. The van der Waals surface area contributed by atoms with Crippen molar-refractivity contribution in [1.82, 2.24) is 20.6 Å². The van der Waals surface area contributed by atoms with Gasteiger partial charge < -0.3 is 15.1 Å². The Morgan fingerprint density at radius 2 is 1.77 bits per heavy atom. The third-order valence-corrected chi connectivity index (χ3v) is 4.50. The summed E-state index contributed by atoms with van der Waals surface area (Å²) in [6.07, 6.45) is 1.79. The van der Waals surface area contributed by atoms with Crippen LogP contribution in [0.2, 0.25) is 0 Å². The molecule has 0 aromatic carbocycles. The SMILES string of the molecule is CN=C(NCc1ncc(C(C)(C)C)o1)NCc1nc(C(C)(C)C)cs1.I. The molecule has 2 N–H and O–H groups in total. The van der Waals surface area contributed by atoms with Crippen molar-refractivity contribution in [2.45, 2.75) is 65.5 Å². The maximum atomic E-state index is 5.78. The predicted molar refractivity (Wildman–Crippen MR) is 118 cm³/mol. The normalized spacial score (nSPS) is 12.7. The molecular formula is C18H30IN5OS. The molecule has 2 aromatic heterocycles. The summed E-state index contributed by atoms with van der Waals surface area (Å²) in [5.74, 6) is 2.23. The van der Waals surface area contributed by atoms with Crippen molar-refractivity contribution in [2.75, 3.05) is 7.05 Å². The maximum absolute atomic E-state index is 5.78. The van der Waals surface area contributed by atoms with Crippen LogP contribution in [0.25, 0.3) is 0 Å². The molecular weight excluding hydrogens is 461 g/mol. The van der Waals surface area contributed by atoms with E-state index in [2.05, 4.69) is 72.5 Å². The van der Waals surface area contributed by atoms with Gasteiger partial charge in [-0.25, -0.2) is 9.97 Å². The predicted octanol–water partition coefficient (Wildman–Crippen LogP) is 4.21. The number of aliphatic imine (C=N–C) groups is 1. The van der Waals surface area contributed by atoms with Crippen LogP contribution in [0.5, 0.6) is 0 Å². The standard InChI is InChI=1S/C18H29N5OS.HI/c1-17(2,3)12-11-25-15(23-12)10-22-16(19-7)21-9-14-20-8-13(24-14)18(4,5)6;/h8,11H,9-10H2,1-7H3,(H2,19,21,22);1H. The van der Waals surface area contributed by atoms with Crippen molar-refractivity contribution in [2.24, 2.45) is 4.99 Å². The molecule has 2 rings (SSSR count). The Hall–Kier alpha value is -1.16. The number of thiazole rings is 1. The van der Waals surface area contributed by atoms with Crippen molar-refractivity contribution < 1.29 is 4.42 Å². The molecule has 0 saturated carbocycles. The summed E-state index contributed by atoms with van der Waals surface area (Å²) in [5.41, 5.74) is 1.15. The third kappa shape index (κ3) is 6.53. The Kier molecular flexibility index (Phi) is 8.06. The van der Waals surface area contributed by atoms with Crippen LogP contribution in [0.15, 0.2) is 21.0 Å². The lowest BCUT2D eigenvalue weighted by molar-refractivity contribution is 0.379. The number of nitrogens with one attached hydrogen (secondary N) is 2. The van der Waals surface area contributed by atoms with Crippen LogP contribution in [-0.4, -0.2) is 23.0 Å². The van der Waals surface area contributed by atoms with Crippen molar-refractivity contribution in [3.05, 3.63) is 33.9 Å². The van der Waals surface area contributed by atoms with E-state index in [9.17, 15) is 0 Å². The van der Waals surface area contributed by atoms with Gasteiger partial charge in [0.25, 0.3) is 0 Å². The van der Waals surface area contributed by atoms with E-state index in [0.717, 1.165) is 16.5 Å². The molecule has 0 aliphatic heterocycles. The quantitative estimate of drug-likeness (QED) is 0.381. The molecule has 146 valence electrons. The van der Waals surface area contributed by atoms with E-state index < -0.39 is 0 Å². The van der Waals surface area contributed by atoms with Gasteiger partial charge in [0.05, 0.1) is 25.0 Å². The van der Waals surface area contributed by atoms with E-state index in [-0.39, 0.29) is 34.8 Å². The molecule has 0 amide bonds. The van der Waals surface area contributed by atoms with Gasteiger partial charge in [0.1, 0.15) is 10.8 Å². The molecule has 0 spiro atoms. The van der Waals surface area contributed by atoms with Gasteiger partial charge in [-0.2, -0.15) is 0 Å². The first-order valence-electron chi connectivity index (χ1n) is 8.44. The fraction of sp³-hybridized carbons (Fsp3) is 0.611. The van der Waals surface area contributed by atoms with Crippen LogP contribution in [0.4, 0.5) is 0 Å². The van der Waals surface area contributed by atoms with Gasteiger partial charge in [0, 0.05) is 23.3 Å². The molecule has 0 saturated heterocycles. The fourth-order valence-electron chi connectivity index (χ4n) is 2.01. The highest BCUT2D eigenvalue weighted by Gasteiger charge is 2.19. The van der Waals surface area contributed by atoms with Gasteiger partial charge in [0.2, 0.25) is 5.89 Å². The van der Waals surface area contributed by atoms with E-state index in [0.29, 0.717) is 24.9 Å². The first kappa shape index (κ1) is 22.9. The van der Waals surface area contributed by atoms with E-state index in [1.807, 2.05) is 0 Å². The van der Waals surface area contributed by atoms with Crippen LogP contribution in [0.1, 0.15) is 63.9 Å². The minimum Gasteiger partial charge on any atom is -0.443 e. The molecule has 2 heterocycles. The number of rotatable bonds is 4. The van der Waals surface area contributed by atoms with Gasteiger partial charge >= 0.3 is 0 Å². The minimum absolute atomic E-state index is 0. The van der Waals surface area contributed by atoms with E-state index in [4.69, 9.17) is 4.42 Å². The Morgan fingerprint density at radius 1 is 1.12 bits per heavy atom. The summed E-state index contributed by atoms with van der Waals surface area (Å²) >= 11 is 1.66. The van der Waals surface area contributed by atoms with Gasteiger partial charge in [-0.05, 0) is 0 Å². The molecule has 0 aliphatic carbocycles. The summed E-state index contributed by atoms with van der Waals surface area (Å²) < 4.78 is 5.78. The highest BCUT2D eigenvalue weighted by molar-refractivity contribution is 14.0. The van der Waals surface area contributed by atoms with Crippen LogP contribution in [0, 0.1) is 0 Å². The zero-order valence-corrected chi connectivity index (χ0v) is 19.8. The summed E-state index contributed by atoms with van der Waals surface area (Å²) in [4.78, 5) is 13.2.